The number of carbonyl (C=O) groups is 1. The van der Waals surface area contributed by atoms with Crippen molar-refractivity contribution in [2.75, 3.05) is 12.4 Å². The first-order chi connectivity index (χ1) is 10.1. The summed E-state index contributed by atoms with van der Waals surface area (Å²) >= 11 is 11.6. The van der Waals surface area contributed by atoms with Gasteiger partial charge >= 0.3 is 5.97 Å². The van der Waals surface area contributed by atoms with Crippen molar-refractivity contribution >= 4 is 35.1 Å². The monoisotopic (exact) mass is 330 g/mol. The first-order valence-corrected chi connectivity index (χ1v) is 7.75. The predicted octanol–water partition coefficient (Wildman–Crippen LogP) is 2.57. The number of nitrogens with zero attached hydrogens (tertiary/aromatic N) is 3. The molecule has 1 heterocycles. The van der Waals surface area contributed by atoms with E-state index in [4.69, 9.17) is 27.9 Å². The Balaban J connectivity index is 1.85. The molecule has 2 bridgehead atoms. The molecule has 1 N–H and O–H groups in total. The molecule has 3 fully saturated rings. The van der Waals surface area contributed by atoms with Crippen LogP contribution in [0.3, 0.4) is 0 Å². The lowest BCUT2D eigenvalue weighted by molar-refractivity contribution is -0.152. The number of anilines is 1. The fraction of sp³-hybridized carbons (Fsp3) is 0.692. The highest BCUT2D eigenvalue weighted by Crippen LogP contribution is 2.46. The fourth-order valence-electron chi connectivity index (χ4n) is 3.67. The van der Waals surface area contributed by atoms with Crippen molar-refractivity contribution in [3.8, 4) is 0 Å². The molecule has 21 heavy (non-hydrogen) atoms. The van der Waals surface area contributed by atoms with E-state index < -0.39 is 0 Å². The van der Waals surface area contributed by atoms with Crippen LogP contribution in [0, 0.1) is 17.8 Å². The Morgan fingerprint density at radius 2 is 1.67 bits per heavy atom. The van der Waals surface area contributed by atoms with Crippen LogP contribution in [0.5, 0.6) is 0 Å². The van der Waals surface area contributed by atoms with Gasteiger partial charge in [0.05, 0.1) is 13.0 Å². The van der Waals surface area contributed by atoms with Gasteiger partial charge in [0.25, 0.3) is 0 Å². The number of carbonyl (C=O) groups excluding carboxylic acids is 1. The summed E-state index contributed by atoms with van der Waals surface area (Å²) in [5.74, 6) is 0.734. The number of halogens is 2. The first-order valence-electron chi connectivity index (χ1n) is 7.00. The van der Waals surface area contributed by atoms with Gasteiger partial charge in [-0.1, -0.05) is 0 Å². The van der Waals surface area contributed by atoms with Crippen molar-refractivity contribution in [1.29, 1.82) is 0 Å². The number of rotatable bonds is 3. The highest BCUT2D eigenvalue weighted by molar-refractivity contribution is 6.31. The van der Waals surface area contributed by atoms with E-state index in [2.05, 4.69) is 20.3 Å². The maximum absolute atomic E-state index is 12.1. The molecule has 2 atom stereocenters. The maximum Gasteiger partial charge on any atom is 0.311 e. The standard InChI is InChI=1S/C13H16Cl2N4O2/c1-21-10(20)8-6-2-4-7(5-3-6)9(8)16-13-18-11(14)17-12(15)19-13/h6-9H,2-5H2,1H3,(H,16,17,18,19). The number of hydrogen-bond donors (Lipinski definition) is 1. The molecular weight excluding hydrogens is 315 g/mol. The molecule has 0 aliphatic heterocycles. The zero-order valence-electron chi connectivity index (χ0n) is 11.6. The molecule has 0 radical (unpaired) electrons. The number of hydrogen-bond acceptors (Lipinski definition) is 6. The van der Waals surface area contributed by atoms with Gasteiger partial charge in [0.15, 0.2) is 0 Å². The Morgan fingerprint density at radius 3 is 2.24 bits per heavy atom. The summed E-state index contributed by atoms with van der Waals surface area (Å²) in [6.07, 6.45) is 4.34. The van der Waals surface area contributed by atoms with Gasteiger partial charge in [-0.25, -0.2) is 0 Å². The smallest absolute Gasteiger partial charge is 0.311 e. The molecule has 8 heteroatoms. The van der Waals surface area contributed by atoms with Gasteiger partial charge < -0.3 is 10.1 Å². The van der Waals surface area contributed by atoms with Crippen molar-refractivity contribution in [2.45, 2.75) is 31.7 Å². The van der Waals surface area contributed by atoms with Crippen LogP contribution in [0.25, 0.3) is 0 Å². The van der Waals surface area contributed by atoms with Gasteiger partial charge in [-0.15, -0.1) is 0 Å². The lowest BCUT2D eigenvalue weighted by Crippen LogP contribution is -2.52. The molecule has 3 saturated carbocycles. The molecule has 1 aromatic rings. The highest BCUT2D eigenvalue weighted by Gasteiger charge is 2.48. The molecule has 1 aromatic heterocycles. The van der Waals surface area contributed by atoms with Crippen molar-refractivity contribution in [3.63, 3.8) is 0 Å². The molecule has 3 aliphatic carbocycles. The molecule has 0 amide bonds. The summed E-state index contributed by atoms with van der Waals surface area (Å²) < 4.78 is 4.97. The molecule has 3 aliphatic rings. The molecule has 6 nitrogen and oxygen atoms in total. The molecule has 0 aromatic carbocycles. The normalized spacial score (nSPS) is 31.0. The van der Waals surface area contributed by atoms with Gasteiger partial charge in [-0.3, -0.25) is 4.79 Å². The Morgan fingerprint density at radius 1 is 1.10 bits per heavy atom. The predicted molar refractivity (Wildman–Crippen MR) is 78.2 cm³/mol. The van der Waals surface area contributed by atoms with E-state index in [0.717, 1.165) is 25.7 Å². The summed E-state index contributed by atoms with van der Waals surface area (Å²) in [5.41, 5.74) is 0. The zero-order chi connectivity index (χ0) is 15.0. The van der Waals surface area contributed by atoms with Crippen LogP contribution >= 0.6 is 23.2 Å². The average Bonchev–Trinajstić information content (AvgIpc) is 2.46. The number of aromatic nitrogens is 3. The largest absolute Gasteiger partial charge is 0.469 e. The molecule has 0 spiro atoms. The average molecular weight is 331 g/mol. The lowest BCUT2D eigenvalue weighted by atomic mass is 9.61. The van der Waals surface area contributed by atoms with Gasteiger partial charge in [-0.2, -0.15) is 15.0 Å². The minimum absolute atomic E-state index is 0.0353. The highest BCUT2D eigenvalue weighted by atomic mass is 35.5. The van der Waals surface area contributed by atoms with Crippen LogP contribution in [0.4, 0.5) is 5.95 Å². The summed E-state index contributed by atoms with van der Waals surface area (Å²) in [5, 5.41) is 3.30. The summed E-state index contributed by atoms with van der Waals surface area (Å²) in [7, 11) is 1.43. The molecule has 2 unspecified atom stereocenters. The Labute approximate surface area is 132 Å². The van der Waals surface area contributed by atoms with Crippen LogP contribution in [-0.2, 0) is 9.53 Å². The Hall–Kier alpha value is -1.14. The van der Waals surface area contributed by atoms with Crippen molar-refractivity contribution in [3.05, 3.63) is 10.6 Å². The van der Waals surface area contributed by atoms with E-state index in [9.17, 15) is 4.79 Å². The van der Waals surface area contributed by atoms with E-state index in [0.29, 0.717) is 17.8 Å². The minimum Gasteiger partial charge on any atom is -0.469 e. The molecule has 4 rings (SSSR count). The van der Waals surface area contributed by atoms with Crippen LogP contribution in [-0.4, -0.2) is 34.1 Å². The third-order valence-electron chi connectivity index (χ3n) is 4.57. The minimum atomic E-state index is -0.173. The third kappa shape index (κ3) is 2.92. The maximum atomic E-state index is 12.1. The van der Waals surface area contributed by atoms with Crippen LogP contribution < -0.4 is 5.32 Å². The number of methoxy groups -OCH3 is 1. The van der Waals surface area contributed by atoms with E-state index in [1.807, 2.05) is 0 Å². The second-order valence-electron chi connectivity index (χ2n) is 5.59. The van der Waals surface area contributed by atoms with Gasteiger partial charge in [-0.05, 0) is 60.7 Å². The van der Waals surface area contributed by atoms with Crippen molar-refractivity contribution in [1.82, 2.24) is 15.0 Å². The zero-order valence-corrected chi connectivity index (χ0v) is 13.1. The van der Waals surface area contributed by atoms with Crippen LogP contribution in [0.1, 0.15) is 25.7 Å². The number of ether oxygens (including phenoxy) is 1. The van der Waals surface area contributed by atoms with E-state index >= 15 is 0 Å². The first kappa shape index (κ1) is 14.8. The Bertz CT molecular complexity index is 529. The SMILES string of the molecule is COC(=O)C1C2CCC(CC2)C1Nc1nc(Cl)nc(Cl)n1. The van der Waals surface area contributed by atoms with Crippen LogP contribution in [0.2, 0.25) is 10.6 Å². The van der Waals surface area contributed by atoms with E-state index in [1.54, 1.807) is 0 Å². The van der Waals surface area contributed by atoms with Crippen molar-refractivity contribution < 1.29 is 9.53 Å². The molecule has 0 saturated heterocycles. The molecular formula is C13H16Cl2N4O2. The van der Waals surface area contributed by atoms with Gasteiger partial charge in [0.1, 0.15) is 0 Å². The second kappa shape index (κ2) is 5.93. The number of nitrogens with one attached hydrogen (secondary N) is 1. The quantitative estimate of drug-likeness (QED) is 0.858. The topological polar surface area (TPSA) is 77.0 Å². The van der Waals surface area contributed by atoms with Crippen molar-refractivity contribution in [2.24, 2.45) is 17.8 Å². The third-order valence-corrected chi connectivity index (χ3v) is 4.91. The summed E-state index contributed by atoms with van der Waals surface area (Å²) in [6, 6.07) is -0.0421. The number of fused-ring (bicyclic) bond motifs is 3. The lowest BCUT2D eigenvalue weighted by Gasteiger charge is -2.47. The number of esters is 1. The summed E-state index contributed by atoms with van der Waals surface area (Å²) in [6.45, 7) is 0. The van der Waals surface area contributed by atoms with Gasteiger partial charge in [0.2, 0.25) is 16.5 Å². The summed E-state index contributed by atoms with van der Waals surface area (Å²) in [4.78, 5) is 23.9. The van der Waals surface area contributed by atoms with Crippen LogP contribution in [0.15, 0.2) is 0 Å². The van der Waals surface area contributed by atoms with Gasteiger partial charge in [0, 0.05) is 6.04 Å². The second-order valence-corrected chi connectivity index (χ2v) is 6.27. The molecule has 114 valence electrons. The Kier molecular flexibility index (Phi) is 4.17. The fourth-order valence-corrected chi connectivity index (χ4v) is 4.04. The van der Waals surface area contributed by atoms with E-state index in [1.165, 1.54) is 7.11 Å². The van der Waals surface area contributed by atoms with E-state index in [-0.39, 0.29) is 28.5 Å².